The molecule has 5 nitrogen and oxygen atoms in total. The quantitative estimate of drug-likeness (QED) is 0.525. The van der Waals surface area contributed by atoms with Crippen molar-refractivity contribution in [3.63, 3.8) is 0 Å². The number of nitrogens with zero attached hydrogens (tertiary/aromatic N) is 3. The molecule has 1 atom stereocenters. The zero-order chi connectivity index (χ0) is 19.2. The Balaban J connectivity index is 1.80. The lowest BCUT2D eigenvalue weighted by molar-refractivity contribution is 0.374. The van der Waals surface area contributed by atoms with Crippen LogP contribution in [0.3, 0.4) is 0 Å². The Labute approximate surface area is 170 Å². The molecule has 0 radical (unpaired) electrons. The van der Waals surface area contributed by atoms with Crippen LogP contribution in [0.25, 0.3) is 10.9 Å². The fraction of sp³-hybridized carbons (Fsp3) is 0.158. The van der Waals surface area contributed by atoms with E-state index in [1.807, 2.05) is 54.6 Å². The van der Waals surface area contributed by atoms with Crippen molar-refractivity contribution in [2.24, 2.45) is 5.10 Å². The van der Waals surface area contributed by atoms with E-state index in [9.17, 15) is 8.42 Å². The average molecular weight is 465 g/mol. The van der Waals surface area contributed by atoms with Crippen LogP contribution in [0.15, 0.2) is 64.2 Å². The molecule has 0 saturated carbocycles. The van der Waals surface area contributed by atoms with Gasteiger partial charge in [-0.05, 0) is 29.8 Å². The molecule has 4 rings (SSSR count). The zero-order valence-corrected chi connectivity index (χ0v) is 17.5. The van der Waals surface area contributed by atoms with Crippen molar-refractivity contribution in [3.8, 4) is 0 Å². The van der Waals surface area contributed by atoms with E-state index in [1.165, 1.54) is 0 Å². The molecule has 0 fully saturated rings. The lowest BCUT2D eigenvalue weighted by atomic mass is 9.99. The predicted molar refractivity (Wildman–Crippen MR) is 111 cm³/mol. The third-order valence-corrected chi connectivity index (χ3v) is 6.30. The zero-order valence-electron chi connectivity index (χ0n) is 14.3. The van der Waals surface area contributed by atoms with E-state index >= 15 is 0 Å². The Morgan fingerprint density at radius 2 is 1.85 bits per heavy atom. The van der Waals surface area contributed by atoms with Crippen molar-refractivity contribution in [3.05, 3.63) is 75.4 Å². The van der Waals surface area contributed by atoms with Crippen molar-refractivity contribution in [1.82, 2.24) is 9.40 Å². The van der Waals surface area contributed by atoms with E-state index < -0.39 is 16.1 Å². The lowest BCUT2D eigenvalue weighted by Gasteiger charge is -2.22. The van der Waals surface area contributed by atoms with Gasteiger partial charge in [0.05, 0.1) is 23.5 Å². The van der Waals surface area contributed by atoms with Crippen LogP contribution in [0.5, 0.6) is 0 Å². The Bertz CT molecular complexity index is 1160. The maximum atomic E-state index is 12.4. The summed E-state index contributed by atoms with van der Waals surface area (Å²) in [5, 5.41) is 5.59. The highest BCUT2D eigenvalue weighted by Gasteiger charge is 2.36. The van der Waals surface area contributed by atoms with Gasteiger partial charge in [0.15, 0.2) is 0 Å². The highest BCUT2D eigenvalue weighted by Crippen LogP contribution is 2.38. The summed E-state index contributed by atoms with van der Waals surface area (Å²) in [6.45, 7) is 0. The average Bonchev–Trinajstić information content (AvgIpc) is 3.07. The monoisotopic (exact) mass is 463 g/mol. The summed E-state index contributed by atoms with van der Waals surface area (Å²) < 4.78 is 26.8. The summed E-state index contributed by atoms with van der Waals surface area (Å²) in [6, 6.07) is 16.6. The number of hydrogen-bond donors (Lipinski definition) is 0. The van der Waals surface area contributed by atoms with Crippen LogP contribution in [0.4, 0.5) is 0 Å². The third-order valence-electron chi connectivity index (χ3n) is 4.45. The van der Waals surface area contributed by atoms with E-state index in [0.717, 1.165) is 31.6 Å². The van der Waals surface area contributed by atoms with Gasteiger partial charge in [-0.2, -0.15) is 9.52 Å². The first-order chi connectivity index (χ1) is 12.8. The first-order valence-electron chi connectivity index (χ1n) is 8.21. The van der Waals surface area contributed by atoms with Crippen molar-refractivity contribution in [2.75, 3.05) is 6.26 Å². The largest absolute Gasteiger partial charge is 0.247 e. The normalized spacial score (nSPS) is 17.4. The molecule has 2 heterocycles. The molecule has 27 heavy (non-hydrogen) atoms. The van der Waals surface area contributed by atoms with Gasteiger partial charge in [-0.15, -0.1) is 0 Å². The summed E-state index contributed by atoms with van der Waals surface area (Å²) >= 11 is 9.83. The summed E-state index contributed by atoms with van der Waals surface area (Å²) in [6.07, 6.45) is 1.57. The van der Waals surface area contributed by atoms with Gasteiger partial charge >= 0.3 is 0 Å². The molecule has 138 valence electrons. The van der Waals surface area contributed by atoms with Crippen molar-refractivity contribution in [2.45, 2.75) is 12.5 Å². The second kappa shape index (κ2) is 6.89. The highest BCUT2D eigenvalue weighted by atomic mass is 79.9. The van der Waals surface area contributed by atoms with Crippen molar-refractivity contribution >= 4 is 54.2 Å². The highest BCUT2D eigenvalue weighted by molar-refractivity contribution is 9.10. The summed E-state index contributed by atoms with van der Waals surface area (Å²) in [7, 11) is -3.57. The van der Waals surface area contributed by atoms with E-state index in [0.29, 0.717) is 22.8 Å². The van der Waals surface area contributed by atoms with Crippen LogP contribution in [0, 0.1) is 0 Å². The van der Waals surface area contributed by atoms with E-state index in [1.54, 1.807) is 0 Å². The van der Waals surface area contributed by atoms with Crippen LogP contribution in [-0.2, 0) is 10.0 Å². The molecule has 0 bridgehead atoms. The van der Waals surface area contributed by atoms with Gasteiger partial charge in [0.2, 0.25) is 10.0 Å². The molecular weight excluding hydrogens is 450 g/mol. The van der Waals surface area contributed by atoms with Gasteiger partial charge in [-0.1, -0.05) is 57.9 Å². The van der Waals surface area contributed by atoms with Gasteiger partial charge in [0.25, 0.3) is 0 Å². The fourth-order valence-electron chi connectivity index (χ4n) is 3.19. The number of aromatic nitrogens is 1. The maximum absolute atomic E-state index is 12.4. The summed E-state index contributed by atoms with van der Waals surface area (Å²) in [4.78, 5) is 4.43. The molecular formula is C19H15BrClN3O2S. The fourth-order valence-corrected chi connectivity index (χ4v) is 4.62. The Morgan fingerprint density at radius 3 is 2.56 bits per heavy atom. The second-order valence-electron chi connectivity index (χ2n) is 6.37. The van der Waals surface area contributed by atoms with Gasteiger partial charge in [0.1, 0.15) is 5.15 Å². The van der Waals surface area contributed by atoms with E-state index in [2.05, 4.69) is 26.0 Å². The van der Waals surface area contributed by atoms with Crippen LogP contribution in [0.2, 0.25) is 5.15 Å². The molecule has 0 aliphatic carbocycles. The van der Waals surface area contributed by atoms with Gasteiger partial charge in [0, 0.05) is 21.8 Å². The number of para-hydroxylation sites is 1. The maximum Gasteiger partial charge on any atom is 0.247 e. The summed E-state index contributed by atoms with van der Waals surface area (Å²) in [5.41, 5.74) is 2.99. The molecule has 0 amide bonds. The van der Waals surface area contributed by atoms with Crippen LogP contribution in [0.1, 0.15) is 23.6 Å². The molecule has 3 aromatic rings. The smallest absolute Gasteiger partial charge is 0.236 e. The molecule has 1 aromatic heterocycles. The van der Waals surface area contributed by atoms with E-state index in [4.69, 9.17) is 11.6 Å². The van der Waals surface area contributed by atoms with Crippen LogP contribution in [-0.4, -0.2) is 29.8 Å². The Morgan fingerprint density at radius 1 is 1.15 bits per heavy atom. The molecule has 1 aliphatic heterocycles. The second-order valence-corrected chi connectivity index (χ2v) is 9.48. The van der Waals surface area contributed by atoms with Crippen LogP contribution < -0.4 is 0 Å². The minimum Gasteiger partial charge on any atom is -0.236 e. The minimum atomic E-state index is -3.57. The van der Waals surface area contributed by atoms with Crippen molar-refractivity contribution < 1.29 is 8.42 Å². The van der Waals surface area contributed by atoms with E-state index in [-0.39, 0.29) is 0 Å². The van der Waals surface area contributed by atoms with Crippen LogP contribution >= 0.6 is 27.5 Å². The third kappa shape index (κ3) is 3.59. The minimum absolute atomic E-state index is 0.291. The molecule has 0 saturated heterocycles. The Hall–Kier alpha value is -1.96. The van der Waals surface area contributed by atoms with Gasteiger partial charge < -0.3 is 0 Å². The molecule has 1 aliphatic rings. The van der Waals surface area contributed by atoms with Gasteiger partial charge in [-0.25, -0.2) is 13.4 Å². The SMILES string of the molecule is CS(=O)(=O)N1N=C(c2ccc(Br)cc2)CC1c1cc2ccccc2nc1Cl. The molecule has 0 spiro atoms. The number of halogens is 2. The van der Waals surface area contributed by atoms with Gasteiger partial charge in [-0.3, -0.25) is 0 Å². The number of rotatable bonds is 3. The number of benzene rings is 2. The standard InChI is InChI=1S/C19H15BrClN3O2S/c1-27(25,26)24-18(11-17(23-24)12-6-8-14(20)9-7-12)15-10-13-4-2-3-5-16(13)22-19(15)21/h2-10,18H,11H2,1H3. The topological polar surface area (TPSA) is 62.6 Å². The number of pyridine rings is 1. The lowest BCUT2D eigenvalue weighted by Crippen LogP contribution is -2.26. The number of hydrogen-bond acceptors (Lipinski definition) is 4. The predicted octanol–water partition coefficient (Wildman–Crippen LogP) is 4.76. The number of sulfonamides is 1. The molecule has 0 N–H and O–H groups in total. The summed E-state index contributed by atoms with van der Waals surface area (Å²) in [5.74, 6) is 0. The Kier molecular flexibility index (Phi) is 4.70. The molecule has 2 aromatic carbocycles. The molecule has 8 heteroatoms. The first-order valence-corrected chi connectivity index (χ1v) is 11.2. The number of hydrazone groups is 1. The first kappa shape index (κ1) is 18.4. The number of fused-ring (bicyclic) bond motifs is 1. The van der Waals surface area contributed by atoms with Crippen molar-refractivity contribution in [1.29, 1.82) is 0 Å². The molecule has 1 unspecified atom stereocenters.